The number of hydrogen-bond donors (Lipinski definition) is 0. The molecule has 60 valence electrons. The molecule has 0 spiro atoms. The molecule has 0 radical (unpaired) electrons. The lowest BCUT2D eigenvalue weighted by atomic mass is 10.2. The first kappa shape index (κ1) is 8.40. The van der Waals surface area contributed by atoms with Crippen molar-refractivity contribution in [1.29, 1.82) is 0 Å². The summed E-state index contributed by atoms with van der Waals surface area (Å²) in [7, 11) is 0. The van der Waals surface area contributed by atoms with Gasteiger partial charge in [-0.3, -0.25) is 0 Å². The monoisotopic (exact) mass is 180 g/mol. The van der Waals surface area contributed by atoms with Gasteiger partial charge in [0.05, 0.1) is 0 Å². The molecule has 1 rings (SSSR count). The van der Waals surface area contributed by atoms with Gasteiger partial charge in [-0.15, -0.1) is 0 Å². The fraction of sp³-hybridized carbons (Fsp3) is 0.143. The number of benzene rings is 1. The first-order chi connectivity index (χ1) is 5.04. The van der Waals surface area contributed by atoms with Crippen LogP contribution in [0.15, 0.2) is 6.07 Å². The van der Waals surface area contributed by atoms with Crippen molar-refractivity contribution in [3.05, 3.63) is 34.1 Å². The SMILES string of the molecule is Cc1c(F)cc(F)c(Cl)c1F. The van der Waals surface area contributed by atoms with E-state index in [-0.39, 0.29) is 5.56 Å². The second-order valence-corrected chi connectivity index (χ2v) is 2.47. The van der Waals surface area contributed by atoms with Gasteiger partial charge in [-0.25, -0.2) is 13.2 Å². The molecule has 0 saturated heterocycles. The fourth-order valence-electron chi connectivity index (χ4n) is 0.657. The molecule has 0 aliphatic heterocycles. The molecule has 0 saturated carbocycles. The molecule has 11 heavy (non-hydrogen) atoms. The lowest BCUT2D eigenvalue weighted by Crippen LogP contribution is -1.92. The average molecular weight is 181 g/mol. The second-order valence-electron chi connectivity index (χ2n) is 2.09. The van der Waals surface area contributed by atoms with E-state index in [0.717, 1.165) is 0 Å². The molecular formula is C7H4ClF3. The molecule has 0 aliphatic rings. The molecule has 0 amide bonds. The average Bonchev–Trinajstić information content (AvgIpc) is 1.97. The molecular weight excluding hydrogens is 177 g/mol. The van der Waals surface area contributed by atoms with Crippen molar-refractivity contribution in [2.45, 2.75) is 6.92 Å². The predicted molar refractivity (Wildman–Crippen MR) is 36.1 cm³/mol. The summed E-state index contributed by atoms with van der Waals surface area (Å²) in [6, 6.07) is 0.556. The minimum Gasteiger partial charge on any atom is -0.206 e. The van der Waals surface area contributed by atoms with Crippen LogP contribution in [0, 0.1) is 24.4 Å². The van der Waals surface area contributed by atoms with E-state index in [9.17, 15) is 13.2 Å². The quantitative estimate of drug-likeness (QED) is 0.425. The molecule has 4 heteroatoms. The molecule has 0 nitrogen and oxygen atoms in total. The lowest BCUT2D eigenvalue weighted by Gasteiger charge is -2.00. The van der Waals surface area contributed by atoms with Crippen molar-refractivity contribution >= 4 is 11.6 Å². The van der Waals surface area contributed by atoms with Crippen LogP contribution in [0.1, 0.15) is 5.56 Å². The zero-order valence-electron chi connectivity index (χ0n) is 5.59. The summed E-state index contributed by atoms with van der Waals surface area (Å²) in [5, 5.41) is -0.663. The van der Waals surface area contributed by atoms with Gasteiger partial charge >= 0.3 is 0 Å². The van der Waals surface area contributed by atoms with Gasteiger partial charge in [0, 0.05) is 11.6 Å². The third-order valence-corrected chi connectivity index (χ3v) is 1.69. The molecule has 0 fully saturated rings. The predicted octanol–water partition coefficient (Wildman–Crippen LogP) is 3.07. The maximum atomic E-state index is 12.6. The maximum Gasteiger partial charge on any atom is 0.150 e. The highest BCUT2D eigenvalue weighted by atomic mass is 35.5. The van der Waals surface area contributed by atoms with E-state index in [1.165, 1.54) is 6.92 Å². The Hall–Kier alpha value is -0.700. The van der Waals surface area contributed by atoms with Gasteiger partial charge in [-0.2, -0.15) is 0 Å². The molecule has 1 aromatic rings. The third-order valence-electron chi connectivity index (χ3n) is 1.34. The normalized spacial score (nSPS) is 10.3. The number of rotatable bonds is 0. The van der Waals surface area contributed by atoms with E-state index >= 15 is 0 Å². The Kier molecular flexibility index (Phi) is 2.09. The van der Waals surface area contributed by atoms with Crippen molar-refractivity contribution in [3.8, 4) is 0 Å². The summed E-state index contributed by atoms with van der Waals surface area (Å²) >= 11 is 5.14. The van der Waals surface area contributed by atoms with Crippen LogP contribution in [0.2, 0.25) is 5.02 Å². The summed E-state index contributed by atoms with van der Waals surface area (Å²) in [5.41, 5.74) is -0.267. The first-order valence-electron chi connectivity index (χ1n) is 2.83. The number of halogens is 4. The lowest BCUT2D eigenvalue weighted by molar-refractivity contribution is 0.533. The zero-order chi connectivity index (χ0) is 8.59. The Labute approximate surface area is 66.6 Å². The van der Waals surface area contributed by atoms with Gasteiger partial charge in [0.15, 0.2) is 5.82 Å². The topological polar surface area (TPSA) is 0 Å². The number of hydrogen-bond acceptors (Lipinski definition) is 0. The van der Waals surface area contributed by atoms with Gasteiger partial charge in [-0.05, 0) is 6.92 Å². The second kappa shape index (κ2) is 2.74. The molecule has 0 aliphatic carbocycles. The van der Waals surface area contributed by atoms with Gasteiger partial charge in [-0.1, -0.05) is 11.6 Å². The molecule has 0 heterocycles. The Morgan fingerprint density at radius 1 is 1.18 bits per heavy atom. The van der Waals surface area contributed by atoms with Crippen LogP contribution in [0.4, 0.5) is 13.2 Å². The highest BCUT2D eigenvalue weighted by Gasteiger charge is 2.13. The molecule has 0 N–H and O–H groups in total. The van der Waals surface area contributed by atoms with Crippen molar-refractivity contribution in [3.63, 3.8) is 0 Å². The van der Waals surface area contributed by atoms with Crippen LogP contribution in [-0.4, -0.2) is 0 Å². The van der Waals surface area contributed by atoms with E-state index in [1.807, 2.05) is 0 Å². The third kappa shape index (κ3) is 1.33. The smallest absolute Gasteiger partial charge is 0.150 e. The summed E-state index contributed by atoms with van der Waals surface area (Å²) in [5.74, 6) is -3.04. The zero-order valence-corrected chi connectivity index (χ0v) is 6.35. The van der Waals surface area contributed by atoms with Crippen molar-refractivity contribution in [2.75, 3.05) is 0 Å². The molecule has 0 unspecified atom stereocenters. The van der Waals surface area contributed by atoms with E-state index in [2.05, 4.69) is 0 Å². The van der Waals surface area contributed by atoms with E-state index in [4.69, 9.17) is 11.6 Å². The molecule has 0 bridgehead atoms. The van der Waals surface area contributed by atoms with Crippen molar-refractivity contribution in [2.24, 2.45) is 0 Å². The van der Waals surface area contributed by atoms with E-state index < -0.39 is 22.5 Å². The first-order valence-corrected chi connectivity index (χ1v) is 3.21. The van der Waals surface area contributed by atoms with Gasteiger partial charge in [0.25, 0.3) is 0 Å². The van der Waals surface area contributed by atoms with Crippen LogP contribution >= 0.6 is 11.6 Å². The Morgan fingerprint density at radius 2 is 1.73 bits per heavy atom. The van der Waals surface area contributed by atoms with Crippen LogP contribution in [0.3, 0.4) is 0 Å². The van der Waals surface area contributed by atoms with Crippen LogP contribution in [0.5, 0.6) is 0 Å². The Morgan fingerprint density at radius 3 is 2.27 bits per heavy atom. The highest BCUT2D eigenvalue weighted by molar-refractivity contribution is 6.30. The van der Waals surface area contributed by atoms with Crippen LogP contribution in [0.25, 0.3) is 0 Å². The summed E-state index contributed by atoms with van der Waals surface area (Å²) < 4.78 is 37.5. The molecule has 1 aromatic carbocycles. The maximum absolute atomic E-state index is 12.6. The molecule has 0 aromatic heterocycles. The Balaban J connectivity index is 3.46. The van der Waals surface area contributed by atoms with Gasteiger partial charge in [0.2, 0.25) is 0 Å². The Bertz CT molecular complexity index is 270. The summed E-state index contributed by atoms with van der Waals surface area (Å²) in [4.78, 5) is 0. The standard InChI is InChI=1S/C7H4ClF3/c1-3-4(9)2-5(10)6(8)7(3)11/h2H,1H3. The largest absolute Gasteiger partial charge is 0.206 e. The van der Waals surface area contributed by atoms with Crippen molar-refractivity contribution in [1.82, 2.24) is 0 Å². The van der Waals surface area contributed by atoms with Gasteiger partial charge < -0.3 is 0 Å². The van der Waals surface area contributed by atoms with Crippen molar-refractivity contribution < 1.29 is 13.2 Å². The van der Waals surface area contributed by atoms with Crippen LogP contribution in [-0.2, 0) is 0 Å². The minimum absolute atomic E-state index is 0.267. The fourth-order valence-corrected chi connectivity index (χ4v) is 0.853. The van der Waals surface area contributed by atoms with Crippen LogP contribution < -0.4 is 0 Å². The summed E-state index contributed by atoms with van der Waals surface area (Å²) in [6.07, 6.45) is 0. The van der Waals surface area contributed by atoms with E-state index in [1.54, 1.807) is 0 Å². The van der Waals surface area contributed by atoms with Gasteiger partial charge in [0.1, 0.15) is 16.7 Å². The van der Waals surface area contributed by atoms with E-state index in [0.29, 0.717) is 6.07 Å². The summed E-state index contributed by atoms with van der Waals surface area (Å²) in [6.45, 7) is 1.19. The minimum atomic E-state index is -1.08. The highest BCUT2D eigenvalue weighted by Crippen LogP contribution is 2.23. The molecule has 0 atom stereocenters.